The van der Waals surface area contributed by atoms with E-state index < -0.39 is 0 Å². The fraction of sp³-hybridized carbons (Fsp3) is 0.0714. The minimum Gasteiger partial charge on any atom is -0.488 e. The summed E-state index contributed by atoms with van der Waals surface area (Å²) >= 11 is 4.45. The van der Waals surface area contributed by atoms with E-state index in [4.69, 9.17) is 4.74 Å². The molecule has 174 valence electrons. The number of rotatable bonds is 6. The van der Waals surface area contributed by atoms with E-state index in [2.05, 4.69) is 34.1 Å². The molecule has 35 heavy (non-hydrogen) atoms. The number of ether oxygens (including phenoxy) is 1. The lowest BCUT2D eigenvalue weighted by Gasteiger charge is -2.12. The van der Waals surface area contributed by atoms with Crippen molar-refractivity contribution in [3.63, 3.8) is 0 Å². The highest BCUT2D eigenvalue weighted by Crippen LogP contribution is 2.35. The van der Waals surface area contributed by atoms with Crippen molar-refractivity contribution in [1.82, 2.24) is 4.90 Å². The molecule has 0 aromatic heterocycles. The number of carbonyl (C=O) groups is 2. The first kappa shape index (κ1) is 23.3. The first-order valence-electron chi connectivity index (χ1n) is 10.9. The highest BCUT2D eigenvalue weighted by Gasteiger charge is 2.35. The van der Waals surface area contributed by atoms with Gasteiger partial charge in [-0.1, -0.05) is 60.7 Å². The smallest absolute Gasteiger partial charge is 0.293 e. The second-order valence-corrected chi connectivity index (χ2v) is 9.86. The molecule has 0 radical (unpaired) electrons. The molecule has 4 aromatic rings. The summed E-state index contributed by atoms with van der Waals surface area (Å²) in [6.07, 6.45) is 1.69. The maximum absolute atomic E-state index is 13.1. The normalized spacial score (nSPS) is 14.8. The Morgan fingerprint density at radius 2 is 1.71 bits per heavy atom. The van der Waals surface area contributed by atoms with Gasteiger partial charge in [0.15, 0.2) is 0 Å². The predicted octanol–water partition coefficient (Wildman–Crippen LogP) is 7.56. The van der Waals surface area contributed by atoms with Gasteiger partial charge in [-0.2, -0.15) is 0 Å². The number of nitrogens with zero attached hydrogens (tertiary/aromatic N) is 1. The van der Waals surface area contributed by atoms with Crippen molar-refractivity contribution >= 4 is 55.7 Å². The van der Waals surface area contributed by atoms with E-state index in [1.54, 1.807) is 18.2 Å². The molecule has 0 atom stereocenters. The van der Waals surface area contributed by atoms with Crippen LogP contribution in [0.25, 0.3) is 16.8 Å². The van der Waals surface area contributed by atoms with Crippen LogP contribution < -0.4 is 4.74 Å². The molecule has 0 N–H and O–H groups in total. The summed E-state index contributed by atoms with van der Waals surface area (Å²) in [5.74, 6) is -0.0471. The molecular formula is C28H19BrFNO3S. The number of carbonyl (C=O) groups excluding carboxylic acids is 2. The summed E-state index contributed by atoms with van der Waals surface area (Å²) in [5, 5.41) is 1.97. The van der Waals surface area contributed by atoms with Crippen LogP contribution in [0.1, 0.15) is 16.7 Å². The van der Waals surface area contributed by atoms with Crippen molar-refractivity contribution in [2.45, 2.75) is 13.2 Å². The molecule has 1 aliphatic heterocycles. The summed E-state index contributed by atoms with van der Waals surface area (Å²) in [5.41, 5.74) is 2.54. The van der Waals surface area contributed by atoms with Gasteiger partial charge in [0.05, 0.1) is 15.9 Å². The van der Waals surface area contributed by atoms with E-state index in [1.807, 2.05) is 42.5 Å². The van der Waals surface area contributed by atoms with E-state index in [1.165, 1.54) is 17.0 Å². The number of amides is 2. The highest BCUT2D eigenvalue weighted by molar-refractivity contribution is 9.10. The second-order valence-electron chi connectivity index (χ2n) is 8.01. The SMILES string of the molecule is O=C1S/C(=C\c2ccc(OCc3cccc4ccccc34)c(Br)c2)C(=O)N1Cc1ccc(F)cc1. The van der Waals surface area contributed by atoms with Crippen molar-refractivity contribution in [2.24, 2.45) is 0 Å². The van der Waals surface area contributed by atoms with Gasteiger partial charge in [-0.05, 0) is 85.5 Å². The molecule has 0 unspecified atom stereocenters. The average molecular weight is 548 g/mol. The third-order valence-corrected chi connectivity index (χ3v) is 7.17. The zero-order chi connectivity index (χ0) is 24.4. The zero-order valence-electron chi connectivity index (χ0n) is 18.4. The van der Waals surface area contributed by atoms with Crippen LogP contribution in [0.15, 0.2) is 94.3 Å². The molecule has 2 amide bonds. The molecule has 1 saturated heterocycles. The predicted molar refractivity (Wildman–Crippen MR) is 140 cm³/mol. The van der Waals surface area contributed by atoms with E-state index in [9.17, 15) is 14.0 Å². The molecule has 4 aromatic carbocycles. The van der Waals surface area contributed by atoms with E-state index >= 15 is 0 Å². The van der Waals surface area contributed by atoms with Gasteiger partial charge in [-0.25, -0.2) is 4.39 Å². The lowest BCUT2D eigenvalue weighted by molar-refractivity contribution is -0.123. The monoisotopic (exact) mass is 547 g/mol. The van der Waals surface area contributed by atoms with Gasteiger partial charge >= 0.3 is 0 Å². The topological polar surface area (TPSA) is 46.6 Å². The van der Waals surface area contributed by atoms with Crippen LogP contribution in [0.3, 0.4) is 0 Å². The van der Waals surface area contributed by atoms with Gasteiger partial charge in [0.25, 0.3) is 11.1 Å². The molecule has 5 rings (SSSR count). The first-order chi connectivity index (χ1) is 17.0. The van der Waals surface area contributed by atoms with Gasteiger partial charge < -0.3 is 4.74 Å². The van der Waals surface area contributed by atoms with Crippen LogP contribution in [0.4, 0.5) is 9.18 Å². The van der Waals surface area contributed by atoms with Crippen LogP contribution in [0, 0.1) is 5.82 Å². The quantitative estimate of drug-likeness (QED) is 0.234. The third-order valence-electron chi connectivity index (χ3n) is 5.64. The van der Waals surface area contributed by atoms with Crippen molar-refractivity contribution < 1.29 is 18.7 Å². The summed E-state index contributed by atoms with van der Waals surface area (Å²) in [6.45, 7) is 0.522. The Morgan fingerprint density at radius 1 is 0.943 bits per heavy atom. The lowest BCUT2D eigenvalue weighted by Crippen LogP contribution is -2.27. The van der Waals surface area contributed by atoms with Crippen molar-refractivity contribution in [1.29, 1.82) is 0 Å². The van der Waals surface area contributed by atoms with E-state index in [-0.39, 0.29) is 23.5 Å². The summed E-state index contributed by atoms with van der Waals surface area (Å²) < 4.78 is 19.9. The maximum Gasteiger partial charge on any atom is 0.293 e. The van der Waals surface area contributed by atoms with Gasteiger partial charge in [-0.3, -0.25) is 14.5 Å². The number of hydrogen-bond donors (Lipinski definition) is 0. The molecule has 0 aliphatic carbocycles. The largest absolute Gasteiger partial charge is 0.488 e. The third kappa shape index (κ3) is 5.16. The maximum atomic E-state index is 13.1. The Morgan fingerprint density at radius 3 is 2.51 bits per heavy atom. The number of halogens is 2. The Kier molecular flexibility index (Phi) is 6.70. The molecule has 4 nitrogen and oxygen atoms in total. The number of benzene rings is 4. The second kappa shape index (κ2) is 10.1. The minimum absolute atomic E-state index is 0.104. The molecule has 1 aliphatic rings. The molecule has 1 heterocycles. The van der Waals surface area contributed by atoms with Gasteiger partial charge in [0.1, 0.15) is 18.2 Å². The molecule has 0 saturated carbocycles. The molecule has 0 bridgehead atoms. The first-order valence-corrected chi connectivity index (χ1v) is 12.5. The average Bonchev–Trinajstić information content (AvgIpc) is 3.12. The van der Waals surface area contributed by atoms with Crippen LogP contribution in [0.2, 0.25) is 0 Å². The lowest BCUT2D eigenvalue weighted by atomic mass is 10.1. The Bertz CT molecular complexity index is 1460. The van der Waals surface area contributed by atoms with Crippen LogP contribution in [0.5, 0.6) is 5.75 Å². The van der Waals surface area contributed by atoms with Crippen LogP contribution >= 0.6 is 27.7 Å². The molecule has 0 spiro atoms. The summed E-state index contributed by atoms with van der Waals surface area (Å²) in [6, 6.07) is 25.6. The molecular weight excluding hydrogens is 529 g/mol. The van der Waals surface area contributed by atoms with Crippen LogP contribution in [-0.4, -0.2) is 16.0 Å². The summed E-state index contributed by atoms with van der Waals surface area (Å²) in [4.78, 5) is 26.7. The Hall–Kier alpha value is -3.42. The van der Waals surface area contributed by atoms with Gasteiger partial charge in [0.2, 0.25) is 0 Å². The van der Waals surface area contributed by atoms with E-state index in [0.29, 0.717) is 22.8 Å². The Labute approximate surface area is 214 Å². The Balaban J connectivity index is 1.29. The highest BCUT2D eigenvalue weighted by atomic mass is 79.9. The fourth-order valence-electron chi connectivity index (χ4n) is 3.86. The van der Waals surface area contributed by atoms with E-state index in [0.717, 1.165) is 38.1 Å². The standard InChI is InChI=1S/C28H19BrFNO3S/c29-24-14-19(10-13-25(24)34-17-21-6-3-5-20-4-1-2-7-23(20)21)15-26-27(32)31(28(33)35-26)16-18-8-11-22(30)12-9-18/h1-15H,16-17H2/b26-15-. The number of imide groups is 1. The van der Waals surface area contributed by atoms with Crippen molar-refractivity contribution in [3.8, 4) is 5.75 Å². The number of hydrogen-bond acceptors (Lipinski definition) is 4. The fourth-order valence-corrected chi connectivity index (χ4v) is 5.21. The van der Waals surface area contributed by atoms with Crippen LogP contribution in [-0.2, 0) is 17.9 Å². The van der Waals surface area contributed by atoms with Crippen molar-refractivity contribution in [2.75, 3.05) is 0 Å². The molecule has 7 heteroatoms. The number of thioether (sulfide) groups is 1. The van der Waals surface area contributed by atoms with Crippen molar-refractivity contribution in [3.05, 3.63) is 117 Å². The summed E-state index contributed by atoms with van der Waals surface area (Å²) in [7, 11) is 0. The van der Waals surface area contributed by atoms with Gasteiger partial charge in [0, 0.05) is 0 Å². The zero-order valence-corrected chi connectivity index (χ0v) is 20.8. The molecule has 1 fully saturated rings. The number of fused-ring (bicyclic) bond motifs is 1. The van der Waals surface area contributed by atoms with Gasteiger partial charge in [-0.15, -0.1) is 0 Å². The minimum atomic E-state index is -0.364.